The van der Waals surface area contributed by atoms with Crippen LogP contribution in [-0.2, 0) is 4.79 Å². The minimum absolute atomic E-state index is 0.00708. The van der Waals surface area contributed by atoms with E-state index in [4.69, 9.17) is 9.47 Å². The molecule has 2 aromatic rings. The number of methoxy groups -OCH3 is 2. The van der Waals surface area contributed by atoms with Gasteiger partial charge in [-0.25, -0.2) is 0 Å². The molecule has 0 saturated heterocycles. The Hall–Kier alpha value is -3.22. The molecule has 3 rings (SSSR count). The van der Waals surface area contributed by atoms with Crippen molar-refractivity contribution >= 4 is 17.3 Å². The fourth-order valence-electron chi connectivity index (χ4n) is 3.67. The van der Waals surface area contributed by atoms with E-state index >= 15 is 0 Å². The predicted molar refractivity (Wildman–Crippen MR) is 102 cm³/mol. The summed E-state index contributed by atoms with van der Waals surface area (Å²) in [6.45, 7) is 0. The quantitative estimate of drug-likeness (QED) is 0.324. The molecular formula is C21H21NO6. The minimum Gasteiger partial charge on any atom is -0.497 e. The summed E-state index contributed by atoms with van der Waals surface area (Å²) in [7, 11) is 3.12. The number of benzene rings is 2. The molecule has 7 nitrogen and oxygen atoms in total. The van der Waals surface area contributed by atoms with E-state index in [1.165, 1.54) is 18.2 Å². The number of carbonyl (C=O) groups excluding carboxylic acids is 2. The van der Waals surface area contributed by atoms with Crippen molar-refractivity contribution in [2.45, 2.75) is 25.2 Å². The Morgan fingerprint density at radius 3 is 2.29 bits per heavy atom. The van der Waals surface area contributed by atoms with E-state index in [0.717, 1.165) is 5.56 Å². The highest BCUT2D eigenvalue weighted by Crippen LogP contribution is 2.38. The van der Waals surface area contributed by atoms with E-state index in [1.54, 1.807) is 26.4 Å². The van der Waals surface area contributed by atoms with Gasteiger partial charge in [0.2, 0.25) is 0 Å². The van der Waals surface area contributed by atoms with E-state index in [-0.39, 0.29) is 29.4 Å². The zero-order valence-electron chi connectivity index (χ0n) is 15.7. The van der Waals surface area contributed by atoms with Crippen molar-refractivity contribution in [1.82, 2.24) is 0 Å². The Balaban J connectivity index is 1.80. The van der Waals surface area contributed by atoms with E-state index in [0.29, 0.717) is 24.3 Å². The van der Waals surface area contributed by atoms with Gasteiger partial charge >= 0.3 is 0 Å². The number of hydrogen-bond donors (Lipinski definition) is 0. The minimum atomic E-state index is -0.843. The third kappa shape index (κ3) is 3.88. The molecule has 0 heterocycles. The molecule has 0 aliphatic heterocycles. The van der Waals surface area contributed by atoms with Crippen LogP contribution in [0, 0.1) is 16.0 Å². The SMILES string of the molecule is COc1cc(OC)cc(C2CC[C@H](C(=O)c3ccccc3[N+](=O)[O-])C(=O)C2)c1. The van der Waals surface area contributed by atoms with Crippen LogP contribution in [0.4, 0.5) is 5.69 Å². The van der Waals surface area contributed by atoms with Crippen molar-refractivity contribution in [1.29, 1.82) is 0 Å². The van der Waals surface area contributed by atoms with Crippen molar-refractivity contribution in [2.24, 2.45) is 5.92 Å². The number of nitrogens with zero attached hydrogens (tertiary/aromatic N) is 1. The Morgan fingerprint density at radius 1 is 1.07 bits per heavy atom. The van der Waals surface area contributed by atoms with Gasteiger partial charge < -0.3 is 9.47 Å². The number of para-hydroxylation sites is 1. The molecule has 28 heavy (non-hydrogen) atoms. The number of nitro benzene ring substituents is 1. The summed E-state index contributed by atoms with van der Waals surface area (Å²) in [5, 5.41) is 11.2. The summed E-state index contributed by atoms with van der Waals surface area (Å²) in [4.78, 5) is 36.1. The van der Waals surface area contributed by atoms with Crippen LogP contribution in [0.1, 0.15) is 41.1 Å². The normalized spacial score (nSPS) is 19.1. The van der Waals surface area contributed by atoms with Gasteiger partial charge in [0.05, 0.1) is 30.6 Å². The first-order chi connectivity index (χ1) is 13.4. The number of ketones is 2. The summed E-state index contributed by atoms with van der Waals surface area (Å²) < 4.78 is 10.6. The van der Waals surface area contributed by atoms with Gasteiger partial charge in [-0.3, -0.25) is 19.7 Å². The second kappa shape index (κ2) is 8.21. The average molecular weight is 383 g/mol. The van der Waals surface area contributed by atoms with Gasteiger partial charge in [0, 0.05) is 18.6 Å². The largest absolute Gasteiger partial charge is 0.497 e. The Bertz CT molecular complexity index is 901. The molecule has 0 aromatic heterocycles. The smallest absolute Gasteiger partial charge is 0.280 e. The monoisotopic (exact) mass is 383 g/mol. The Morgan fingerprint density at radius 2 is 1.71 bits per heavy atom. The summed E-state index contributed by atoms with van der Waals surface area (Å²) >= 11 is 0. The van der Waals surface area contributed by atoms with Gasteiger partial charge in [-0.1, -0.05) is 12.1 Å². The number of rotatable bonds is 6. The van der Waals surface area contributed by atoms with Gasteiger partial charge in [-0.2, -0.15) is 0 Å². The molecule has 1 fully saturated rings. The molecule has 146 valence electrons. The van der Waals surface area contributed by atoms with Crippen molar-refractivity contribution in [2.75, 3.05) is 14.2 Å². The van der Waals surface area contributed by atoms with Crippen LogP contribution < -0.4 is 9.47 Å². The molecule has 0 radical (unpaired) electrons. The lowest BCUT2D eigenvalue weighted by molar-refractivity contribution is -0.385. The Kier molecular flexibility index (Phi) is 5.73. The lowest BCUT2D eigenvalue weighted by Crippen LogP contribution is -2.30. The number of nitro groups is 1. The summed E-state index contributed by atoms with van der Waals surface area (Å²) in [5.41, 5.74) is 0.647. The van der Waals surface area contributed by atoms with Gasteiger partial charge in [0.25, 0.3) is 5.69 Å². The van der Waals surface area contributed by atoms with Crippen LogP contribution in [0.5, 0.6) is 11.5 Å². The zero-order chi connectivity index (χ0) is 20.3. The standard InChI is InChI=1S/C21H21NO6/c1-27-15-9-14(10-16(12-15)28-2)13-7-8-18(20(23)11-13)21(24)17-5-3-4-6-19(17)22(25)26/h3-6,9-10,12-13,18H,7-8,11H2,1-2H3/t13?,18-/m0/s1. The van der Waals surface area contributed by atoms with Crippen LogP contribution in [0.3, 0.4) is 0 Å². The fourth-order valence-corrected chi connectivity index (χ4v) is 3.67. The van der Waals surface area contributed by atoms with E-state index < -0.39 is 16.6 Å². The molecular weight excluding hydrogens is 362 g/mol. The van der Waals surface area contributed by atoms with Crippen molar-refractivity contribution in [3.8, 4) is 11.5 Å². The molecule has 7 heteroatoms. The van der Waals surface area contributed by atoms with Crippen molar-refractivity contribution in [3.63, 3.8) is 0 Å². The van der Waals surface area contributed by atoms with Crippen LogP contribution in [-0.4, -0.2) is 30.7 Å². The van der Waals surface area contributed by atoms with E-state index in [2.05, 4.69) is 0 Å². The lowest BCUT2D eigenvalue weighted by atomic mass is 9.75. The molecule has 2 atom stereocenters. The van der Waals surface area contributed by atoms with Crippen LogP contribution in [0.25, 0.3) is 0 Å². The molecule has 1 unspecified atom stereocenters. The summed E-state index contributed by atoms with van der Waals surface area (Å²) in [6, 6.07) is 11.3. The number of ether oxygens (including phenoxy) is 2. The first kappa shape index (κ1) is 19.5. The first-order valence-corrected chi connectivity index (χ1v) is 8.98. The number of hydrogen-bond acceptors (Lipinski definition) is 6. The van der Waals surface area contributed by atoms with Gasteiger partial charge in [0.1, 0.15) is 17.3 Å². The molecule has 0 bridgehead atoms. The number of Topliss-reactive ketones (excluding diaryl/α,β-unsaturated/α-hetero) is 2. The topological polar surface area (TPSA) is 95.7 Å². The maximum atomic E-state index is 12.8. The molecule has 0 spiro atoms. The van der Waals surface area contributed by atoms with Gasteiger partial charge in [-0.15, -0.1) is 0 Å². The Labute approximate surface area is 162 Å². The van der Waals surface area contributed by atoms with Gasteiger partial charge in [0.15, 0.2) is 5.78 Å². The number of carbonyl (C=O) groups is 2. The average Bonchev–Trinajstić information content (AvgIpc) is 2.72. The molecule has 1 aliphatic rings. The highest BCUT2D eigenvalue weighted by atomic mass is 16.6. The molecule has 0 amide bonds. The third-order valence-electron chi connectivity index (χ3n) is 5.17. The molecule has 2 aromatic carbocycles. The van der Waals surface area contributed by atoms with Crippen LogP contribution >= 0.6 is 0 Å². The van der Waals surface area contributed by atoms with Crippen molar-refractivity contribution < 1.29 is 24.0 Å². The molecule has 1 aliphatic carbocycles. The van der Waals surface area contributed by atoms with Gasteiger partial charge in [-0.05, 0) is 42.5 Å². The summed E-state index contributed by atoms with van der Waals surface area (Å²) in [6.07, 6.45) is 1.18. The van der Waals surface area contributed by atoms with Crippen molar-refractivity contribution in [3.05, 3.63) is 63.7 Å². The van der Waals surface area contributed by atoms with E-state index in [9.17, 15) is 19.7 Å². The molecule has 1 saturated carbocycles. The highest BCUT2D eigenvalue weighted by Gasteiger charge is 2.36. The maximum absolute atomic E-state index is 12.8. The third-order valence-corrected chi connectivity index (χ3v) is 5.17. The zero-order valence-corrected chi connectivity index (χ0v) is 15.7. The van der Waals surface area contributed by atoms with Crippen LogP contribution in [0.15, 0.2) is 42.5 Å². The second-order valence-corrected chi connectivity index (χ2v) is 6.78. The first-order valence-electron chi connectivity index (χ1n) is 8.98. The second-order valence-electron chi connectivity index (χ2n) is 6.78. The molecule has 0 N–H and O–H groups in total. The van der Waals surface area contributed by atoms with E-state index in [1.807, 2.05) is 12.1 Å². The highest BCUT2D eigenvalue weighted by molar-refractivity contribution is 6.12. The fraction of sp³-hybridized carbons (Fsp3) is 0.333. The lowest BCUT2D eigenvalue weighted by Gasteiger charge is -2.27. The maximum Gasteiger partial charge on any atom is 0.280 e. The summed E-state index contributed by atoms with van der Waals surface area (Å²) in [5.74, 6) is -0.281. The van der Waals surface area contributed by atoms with Crippen LogP contribution in [0.2, 0.25) is 0 Å². The predicted octanol–water partition coefficient (Wildman–Crippen LogP) is 3.95.